The third-order valence-electron chi connectivity index (χ3n) is 11.2. The van der Waals surface area contributed by atoms with Crippen LogP contribution in [-0.4, -0.2) is 106 Å². The van der Waals surface area contributed by atoms with E-state index in [1.165, 1.54) is 0 Å². The third-order valence-corrected chi connectivity index (χ3v) is 12.0. The first kappa shape index (κ1) is 38.5. The van der Waals surface area contributed by atoms with Crippen LogP contribution in [0.5, 0.6) is 11.5 Å². The van der Waals surface area contributed by atoms with Crippen LogP contribution in [0.2, 0.25) is 0 Å². The molecule has 3 amide bonds. The number of hydrogen-bond acceptors (Lipinski definition) is 14. The minimum atomic E-state index is -4.23. The van der Waals surface area contributed by atoms with Gasteiger partial charge in [-0.05, 0) is 67.9 Å². The second-order valence-electron chi connectivity index (χ2n) is 14.4. The van der Waals surface area contributed by atoms with Gasteiger partial charge in [0.15, 0.2) is 12.6 Å². The lowest BCUT2D eigenvalue weighted by atomic mass is 9.80. The minimum Gasteiger partial charge on any atom is -0.489 e. The SMILES string of the molecule is COP(=O)(O)OCOc1ccccc1-c1cc(-n2cc(N3CCN(C4CCC(c5cccc6c5OCCN6[C@H]5CCC(=O)NC5=O)CC4)CC3=O)cn2)c(N)nn1. The highest BCUT2D eigenvalue weighted by molar-refractivity contribution is 7.47. The van der Waals surface area contributed by atoms with E-state index in [2.05, 4.69) is 41.0 Å². The van der Waals surface area contributed by atoms with Crippen LogP contribution in [0.25, 0.3) is 16.9 Å². The molecule has 2 aromatic heterocycles. The molecule has 3 fully saturated rings. The number of hydrogen-bond donors (Lipinski definition) is 3. The van der Waals surface area contributed by atoms with Crippen LogP contribution in [-0.2, 0) is 28.0 Å². The van der Waals surface area contributed by atoms with Crippen molar-refractivity contribution in [1.82, 2.24) is 30.2 Å². The highest BCUT2D eigenvalue weighted by Gasteiger charge is 2.38. The minimum absolute atomic E-state index is 0.0160. The van der Waals surface area contributed by atoms with Gasteiger partial charge in [0.25, 0.3) is 0 Å². The number of nitrogens with two attached hydrogens (primary N) is 1. The number of aromatic nitrogens is 4. The molecule has 3 aliphatic heterocycles. The fourth-order valence-electron chi connectivity index (χ4n) is 8.25. The number of para-hydroxylation sites is 2. The second-order valence-corrected chi connectivity index (χ2v) is 16.0. The first-order chi connectivity index (χ1) is 27.6. The maximum absolute atomic E-state index is 13.6. The standard InChI is InChI=1S/C38H44N9O9P/c1-53-57(51,52)56-23-55-33-8-3-2-5-28(33)29-19-32(37(39)43-42-29)47-21-26(20-40-47)45-16-15-44(22-35(45)49)25-11-9-24(10-12-25)27-6-4-7-30-36(27)54-18-17-46(30)31-13-14-34(48)41-38(31)50/h2-8,19-21,24-25,31H,9-18,22-23H2,1H3,(H2,39,43)(H,51,52)(H,41,48,50)/t24?,25?,31-/m0/s1. The molecule has 8 rings (SSSR count). The lowest BCUT2D eigenvalue weighted by molar-refractivity contribution is -0.134. The van der Waals surface area contributed by atoms with Gasteiger partial charge in [0.2, 0.25) is 17.7 Å². The van der Waals surface area contributed by atoms with E-state index < -0.39 is 20.7 Å². The molecule has 19 heteroatoms. The highest BCUT2D eigenvalue weighted by Crippen LogP contribution is 2.45. The van der Waals surface area contributed by atoms with E-state index in [1.807, 2.05) is 12.1 Å². The molecule has 2 atom stereocenters. The average molecular weight is 802 g/mol. The van der Waals surface area contributed by atoms with Gasteiger partial charge in [-0.3, -0.25) is 29.1 Å². The Morgan fingerprint density at radius 2 is 1.82 bits per heavy atom. The fourth-order valence-corrected chi connectivity index (χ4v) is 8.54. The largest absolute Gasteiger partial charge is 0.489 e. The number of nitrogens with zero attached hydrogens (tertiary/aromatic N) is 7. The van der Waals surface area contributed by atoms with Crippen molar-refractivity contribution in [3.05, 3.63) is 66.5 Å². The summed E-state index contributed by atoms with van der Waals surface area (Å²) in [5.74, 6) is 1.09. The summed E-state index contributed by atoms with van der Waals surface area (Å²) in [5.41, 5.74) is 10.3. The third kappa shape index (κ3) is 8.09. The van der Waals surface area contributed by atoms with E-state index in [-0.39, 0.29) is 29.6 Å². The molecule has 57 heavy (non-hydrogen) atoms. The summed E-state index contributed by atoms with van der Waals surface area (Å²) in [7, 11) is -3.18. The van der Waals surface area contributed by atoms with Gasteiger partial charge >= 0.3 is 7.82 Å². The summed E-state index contributed by atoms with van der Waals surface area (Å²) >= 11 is 0. The number of phosphoric ester groups is 1. The summed E-state index contributed by atoms with van der Waals surface area (Å²) < 4.78 is 34.3. The summed E-state index contributed by atoms with van der Waals surface area (Å²) in [6.45, 7) is 2.04. The molecule has 4 aliphatic rings. The number of fused-ring (bicyclic) bond motifs is 1. The molecule has 1 unspecified atom stereocenters. The van der Waals surface area contributed by atoms with Crippen LogP contribution >= 0.6 is 7.82 Å². The molecule has 4 aromatic rings. The molecule has 2 aromatic carbocycles. The second kappa shape index (κ2) is 16.2. The number of ether oxygens (including phenoxy) is 2. The van der Waals surface area contributed by atoms with E-state index >= 15 is 0 Å². The monoisotopic (exact) mass is 801 g/mol. The Hall–Kier alpha value is -5.39. The number of benzene rings is 2. The van der Waals surface area contributed by atoms with Crippen molar-refractivity contribution in [2.45, 2.75) is 56.5 Å². The van der Waals surface area contributed by atoms with E-state index in [1.54, 1.807) is 52.3 Å². The maximum Gasteiger partial charge on any atom is 0.474 e. The Morgan fingerprint density at radius 3 is 2.61 bits per heavy atom. The van der Waals surface area contributed by atoms with Gasteiger partial charge in [-0.25, -0.2) is 13.8 Å². The number of phosphoric acid groups is 1. The molecule has 1 aliphatic carbocycles. The predicted octanol–water partition coefficient (Wildman–Crippen LogP) is 3.39. The zero-order chi connectivity index (χ0) is 39.7. The summed E-state index contributed by atoms with van der Waals surface area (Å²) in [5, 5.41) is 15.4. The maximum atomic E-state index is 13.6. The van der Waals surface area contributed by atoms with Crippen molar-refractivity contribution in [1.29, 1.82) is 0 Å². The van der Waals surface area contributed by atoms with Crippen molar-refractivity contribution in [3.8, 4) is 28.4 Å². The number of carbonyl (C=O) groups is 3. The molecule has 18 nitrogen and oxygen atoms in total. The van der Waals surface area contributed by atoms with Crippen LogP contribution in [0.15, 0.2) is 60.9 Å². The molecule has 5 heterocycles. The normalized spacial score (nSPS) is 22.7. The number of rotatable bonds is 11. The van der Waals surface area contributed by atoms with Gasteiger partial charge in [0.1, 0.15) is 29.8 Å². The van der Waals surface area contributed by atoms with Crippen LogP contribution in [0.1, 0.15) is 50.0 Å². The van der Waals surface area contributed by atoms with Gasteiger partial charge in [-0.15, -0.1) is 10.2 Å². The Bertz CT molecular complexity index is 2210. The van der Waals surface area contributed by atoms with Gasteiger partial charge in [-0.2, -0.15) is 5.10 Å². The summed E-state index contributed by atoms with van der Waals surface area (Å²) in [6, 6.07) is 14.6. The molecule has 0 radical (unpaired) electrons. The number of anilines is 3. The Kier molecular flexibility index (Phi) is 11.0. The Labute approximate surface area is 328 Å². The number of amides is 3. The Balaban J connectivity index is 0.892. The number of carbonyl (C=O) groups excluding carboxylic acids is 3. The molecule has 2 saturated heterocycles. The van der Waals surface area contributed by atoms with E-state index in [9.17, 15) is 23.8 Å². The van der Waals surface area contributed by atoms with E-state index in [0.29, 0.717) is 73.4 Å². The molecule has 0 bridgehead atoms. The lowest BCUT2D eigenvalue weighted by Gasteiger charge is -2.42. The van der Waals surface area contributed by atoms with Crippen molar-refractivity contribution >= 4 is 42.7 Å². The molecule has 300 valence electrons. The van der Waals surface area contributed by atoms with Crippen LogP contribution < -0.4 is 30.3 Å². The van der Waals surface area contributed by atoms with Crippen LogP contribution in [0.4, 0.5) is 17.2 Å². The number of nitrogen functional groups attached to an aromatic ring is 1. The quantitative estimate of drug-likeness (QED) is 0.113. The van der Waals surface area contributed by atoms with Gasteiger partial charge in [0, 0.05) is 38.2 Å². The molecular formula is C38H44N9O9P. The number of nitrogens with one attached hydrogen (secondary N) is 1. The Morgan fingerprint density at radius 1 is 1.00 bits per heavy atom. The lowest BCUT2D eigenvalue weighted by Crippen LogP contribution is -2.54. The topological polar surface area (TPSA) is 217 Å². The van der Waals surface area contributed by atoms with Gasteiger partial charge in [0.05, 0.1) is 42.6 Å². The number of piperazine rings is 1. The predicted molar refractivity (Wildman–Crippen MR) is 207 cm³/mol. The zero-order valence-electron chi connectivity index (χ0n) is 31.4. The molecular weight excluding hydrogens is 757 g/mol. The first-order valence-electron chi connectivity index (χ1n) is 18.9. The smallest absolute Gasteiger partial charge is 0.474 e. The number of imide groups is 1. The van der Waals surface area contributed by atoms with Crippen molar-refractivity contribution in [3.63, 3.8) is 0 Å². The van der Waals surface area contributed by atoms with E-state index in [0.717, 1.165) is 56.3 Å². The molecule has 1 saturated carbocycles. The fraction of sp³-hybridized carbons (Fsp3) is 0.421. The summed E-state index contributed by atoms with van der Waals surface area (Å²) in [4.78, 5) is 53.8. The molecule has 4 N–H and O–H groups in total. The molecule has 0 spiro atoms. The van der Waals surface area contributed by atoms with Crippen molar-refractivity contribution < 1.29 is 42.4 Å². The van der Waals surface area contributed by atoms with Gasteiger partial charge < -0.3 is 29.9 Å². The summed E-state index contributed by atoms with van der Waals surface area (Å²) in [6.07, 6.45) is 7.99. The first-order valence-corrected chi connectivity index (χ1v) is 20.4. The van der Waals surface area contributed by atoms with Gasteiger partial charge in [-0.1, -0.05) is 24.3 Å². The average Bonchev–Trinajstić information content (AvgIpc) is 3.71. The highest BCUT2D eigenvalue weighted by atomic mass is 31.2. The number of piperidine rings is 1. The zero-order valence-corrected chi connectivity index (χ0v) is 32.3. The van der Waals surface area contributed by atoms with E-state index in [4.69, 9.17) is 19.7 Å². The van der Waals surface area contributed by atoms with Crippen LogP contribution in [0.3, 0.4) is 0 Å². The van der Waals surface area contributed by atoms with Crippen molar-refractivity contribution in [2.24, 2.45) is 0 Å². The van der Waals surface area contributed by atoms with Crippen molar-refractivity contribution in [2.75, 3.05) is 62.2 Å². The van der Waals surface area contributed by atoms with Crippen LogP contribution in [0, 0.1) is 0 Å².